The number of benzene rings is 1. The van der Waals surface area contributed by atoms with Gasteiger partial charge >= 0.3 is 6.18 Å². The number of rotatable bonds is 5. The second-order valence-corrected chi connectivity index (χ2v) is 6.73. The average Bonchev–Trinajstić information content (AvgIpc) is 3.18. The van der Waals surface area contributed by atoms with Crippen LogP contribution in [0, 0.1) is 0 Å². The lowest BCUT2D eigenvalue weighted by atomic mass is 10.0. The number of nitrogens with zero attached hydrogens (tertiary/aromatic N) is 2. The molecular formula is C20H21F3N2O4. The summed E-state index contributed by atoms with van der Waals surface area (Å²) in [5.74, 6) is 0.764. The zero-order chi connectivity index (χ0) is 21.2. The third-order valence-electron chi connectivity index (χ3n) is 4.99. The molecule has 0 aliphatic carbocycles. The monoisotopic (exact) mass is 410 g/mol. The van der Waals surface area contributed by atoms with Gasteiger partial charge in [-0.3, -0.25) is 9.59 Å². The van der Waals surface area contributed by atoms with Gasteiger partial charge < -0.3 is 18.9 Å². The van der Waals surface area contributed by atoms with E-state index in [1.807, 2.05) is 0 Å². The molecule has 9 heteroatoms. The molecule has 0 saturated carbocycles. The molecule has 1 atom stereocenters. The summed E-state index contributed by atoms with van der Waals surface area (Å²) in [5.41, 5.74) is -0.882. The lowest BCUT2D eigenvalue weighted by Crippen LogP contribution is -2.36. The number of amides is 1. The van der Waals surface area contributed by atoms with Crippen molar-refractivity contribution < 1.29 is 27.4 Å². The minimum Gasteiger partial charge on any atom is -0.497 e. The zero-order valence-corrected chi connectivity index (χ0v) is 16.0. The Labute approximate surface area is 165 Å². The number of methoxy groups -OCH3 is 2. The van der Waals surface area contributed by atoms with Crippen LogP contribution in [0.25, 0.3) is 0 Å². The van der Waals surface area contributed by atoms with Crippen LogP contribution < -0.4 is 15.0 Å². The van der Waals surface area contributed by atoms with E-state index in [1.54, 1.807) is 23.1 Å². The number of ether oxygens (including phenoxy) is 2. The van der Waals surface area contributed by atoms with E-state index in [-0.39, 0.29) is 6.04 Å². The van der Waals surface area contributed by atoms with Crippen LogP contribution in [-0.2, 0) is 17.5 Å². The normalized spacial score (nSPS) is 16.7. The van der Waals surface area contributed by atoms with Crippen molar-refractivity contribution in [3.05, 3.63) is 58.0 Å². The van der Waals surface area contributed by atoms with Gasteiger partial charge in [0.25, 0.3) is 5.56 Å². The summed E-state index contributed by atoms with van der Waals surface area (Å²) < 4.78 is 50.3. The van der Waals surface area contributed by atoms with E-state index in [0.29, 0.717) is 36.7 Å². The molecule has 0 radical (unpaired) electrons. The van der Waals surface area contributed by atoms with E-state index in [0.717, 1.165) is 22.6 Å². The summed E-state index contributed by atoms with van der Waals surface area (Å²) >= 11 is 0. The molecule has 3 rings (SSSR count). The van der Waals surface area contributed by atoms with Crippen molar-refractivity contribution in [3.8, 4) is 11.5 Å². The molecular weight excluding hydrogens is 389 g/mol. The highest BCUT2D eigenvalue weighted by molar-refractivity contribution is 5.77. The zero-order valence-electron chi connectivity index (χ0n) is 16.0. The standard InChI is InChI=1S/C20H21F3N2O4/c1-28-14-6-7-17(29-2)15(10-14)16-4-3-9-25(16)19(27)12-24-11-13(20(21,22)23)5-8-18(24)26/h5-8,10-11,16H,3-4,9,12H2,1-2H3. The summed E-state index contributed by atoms with van der Waals surface area (Å²) in [6.07, 6.45) is -2.51. The number of pyridine rings is 1. The Hall–Kier alpha value is -2.97. The lowest BCUT2D eigenvalue weighted by Gasteiger charge is -2.27. The van der Waals surface area contributed by atoms with Crippen LogP contribution in [0.3, 0.4) is 0 Å². The average molecular weight is 410 g/mol. The molecule has 29 heavy (non-hydrogen) atoms. The molecule has 156 valence electrons. The van der Waals surface area contributed by atoms with Gasteiger partial charge in [0.2, 0.25) is 5.91 Å². The first-order valence-corrected chi connectivity index (χ1v) is 9.03. The van der Waals surface area contributed by atoms with Gasteiger partial charge in [0.1, 0.15) is 18.0 Å². The number of halogens is 3. The van der Waals surface area contributed by atoms with Crippen LogP contribution in [0.4, 0.5) is 13.2 Å². The van der Waals surface area contributed by atoms with Crippen molar-refractivity contribution in [2.45, 2.75) is 31.6 Å². The van der Waals surface area contributed by atoms with Crippen molar-refractivity contribution in [1.29, 1.82) is 0 Å². The second kappa shape index (κ2) is 8.18. The molecule has 0 bridgehead atoms. The number of hydrogen-bond donors (Lipinski definition) is 0. The maximum atomic E-state index is 12.9. The van der Waals surface area contributed by atoms with Gasteiger partial charge in [-0.05, 0) is 37.1 Å². The molecule has 1 unspecified atom stereocenters. The van der Waals surface area contributed by atoms with Crippen molar-refractivity contribution in [1.82, 2.24) is 9.47 Å². The Morgan fingerprint density at radius 1 is 1.17 bits per heavy atom. The van der Waals surface area contributed by atoms with Gasteiger partial charge in [-0.2, -0.15) is 13.2 Å². The third-order valence-corrected chi connectivity index (χ3v) is 4.99. The Morgan fingerprint density at radius 2 is 1.93 bits per heavy atom. The second-order valence-electron chi connectivity index (χ2n) is 6.73. The third kappa shape index (κ3) is 4.38. The maximum absolute atomic E-state index is 12.9. The van der Waals surface area contributed by atoms with Crippen LogP contribution in [0.5, 0.6) is 11.5 Å². The molecule has 2 aromatic rings. The molecule has 0 spiro atoms. The largest absolute Gasteiger partial charge is 0.497 e. The highest BCUT2D eigenvalue weighted by Crippen LogP contribution is 2.39. The molecule has 1 aromatic heterocycles. The maximum Gasteiger partial charge on any atom is 0.417 e. The molecule has 6 nitrogen and oxygen atoms in total. The van der Waals surface area contributed by atoms with Crippen molar-refractivity contribution in [3.63, 3.8) is 0 Å². The predicted molar refractivity (Wildman–Crippen MR) is 98.9 cm³/mol. The highest BCUT2D eigenvalue weighted by atomic mass is 19.4. The molecule has 1 aromatic carbocycles. The highest BCUT2D eigenvalue weighted by Gasteiger charge is 2.34. The number of hydrogen-bond acceptors (Lipinski definition) is 4. The summed E-state index contributed by atoms with van der Waals surface area (Å²) in [4.78, 5) is 26.4. The minimum atomic E-state index is -4.59. The summed E-state index contributed by atoms with van der Waals surface area (Å²) in [7, 11) is 3.05. The van der Waals surface area contributed by atoms with Crippen LogP contribution >= 0.6 is 0 Å². The smallest absolute Gasteiger partial charge is 0.417 e. The SMILES string of the molecule is COc1ccc(OC)c(C2CCCN2C(=O)Cn2cc(C(F)(F)F)ccc2=O)c1. The van der Waals surface area contributed by atoms with Crippen molar-refractivity contribution in [2.24, 2.45) is 0 Å². The fourth-order valence-corrected chi connectivity index (χ4v) is 3.55. The van der Waals surface area contributed by atoms with E-state index in [2.05, 4.69) is 0 Å². The van der Waals surface area contributed by atoms with E-state index >= 15 is 0 Å². The van der Waals surface area contributed by atoms with Crippen LogP contribution in [-0.4, -0.2) is 36.1 Å². The van der Waals surface area contributed by atoms with Gasteiger partial charge in [-0.15, -0.1) is 0 Å². The molecule has 1 aliphatic rings. The van der Waals surface area contributed by atoms with Gasteiger partial charge in [0.15, 0.2) is 0 Å². The Bertz CT molecular complexity index is 955. The molecule has 1 saturated heterocycles. The van der Waals surface area contributed by atoms with Crippen LogP contribution in [0.2, 0.25) is 0 Å². The van der Waals surface area contributed by atoms with Crippen molar-refractivity contribution >= 4 is 5.91 Å². The fraction of sp³-hybridized carbons (Fsp3) is 0.400. The lowest BCUT2D eigenvalue weighted by molar-refractivity contribution is -0.139. The van der Waals surface area contributed by atoms with Crippen molar-refractivity contribution in [2.75, 3.05) is 20.8 Å². The quantitative estimate of drug-likeness (QED) is 0.759. The minimum absolute atomic E-state index is 0.311. The Kier molecular flexibility index (Phi) is 5.86. The number of likely N-dealkylation sites (tertiary alicyclic amines) is 1. The fourth-order valence-electron chi connectivity index (χ4n) is 3.55. The summed E-state index contributed by atoms with van der Waals surface area (Å²) in [5, 5.41) is 0. The molecule has 0 N–H and O–H groups in total. The van der Waals surface area contributed by atoms with Gasteiger partial charge in [0.05, 0.1) is 25.8 Å². The molecule has 2 heterocycles. The first-order valence-electron chi connectivity index (χ1n) is 9.03. The van der Waals surface area contributed by atoms with Gasteiger partial charge in [-0.1, -0.05) is 0 Å². The van der Waals surface area contributed by atoms with E-state index in [9.17, 15) is 22.8 Å². The molecule has 1 amide bonds. The van der Waals surface area contributed by atoms with Gasteiger partial charge in [0, 0.05) is 24.4 Å². The van der Waals surface area contributed by atoms with Crippen LogP contribution in [0.15, 0.2) is 41.3 Å². The van der Waals surface area contributed by atoms with E-state index < -0.39 is 29.8 Å². The number of carbonyl (C=O) groups excluding carboxylic acids is 1. The summed E-state index contributed by atoms with van der Waals surface area (Å²) in [6.45, 7) is -0.0247. The number of alkyl halides is 3. The van der Waals surface area contributed by atoms with E-state index in [1.165, 1.54) is 14.2 Å². The summed E-state index contributed by atoms with van der Waals surface area (Å²) in [6, 6.07) is 6.49. The first-order chi connectivity index (χ1) is 13.7. The van der Waals surface area contributed by atoms with Gasteiger partial charge in [-0.25, -0.2) is 0 Å². The Morgan fingerprint density at radius 3 is 2.59 bits per heavy atom. The molecule has 1 aliphatic heterocycles. The number of carbonyl (C=O) groups is 1. The molecule has 1 fully saturated rings. The topological polar surface area (TPSA) is 60.8 Å². The van der Waals surface area contributed by atoms with Crippen LogP contribution in [0.1, 0.15) is 30.0 Å². The first kappa shape index (κ1) is 20.8. The predicted octanol–water partition coefficient (Wildman–Crippen LogP) is 3.25. The van der Waals surface area contributed by atoms with E-state index in [4.69, 9.17) is 9.47 Å². The Balaban J connectivity index is 1.88. The number of aromatic nitrogens is 1.